The fourth-order valence-corrected chi connectivity index (χ4v) is 2.85. The van der Waals surface area contributed by atoms with E-state index in [1.165, 1.54) is 28.2 Å². The Kier molecular flexibility index (Phi) is 11.1. The summed E-state index contributed by atoms with van der Waals surface area (Å²) in [6, 6.07) is 5.42. The highest BCUT2D eigenvalue weighted by molar-refractivity contribution is 6.00. The molecule has 8 nitrogen and oxygen atoms in total. The normalized spacial score (nSPS) is 10.1. The minimum Gasteiger partial charge on any atom is -0.491 e. The molecule has 0 aliphatic rings. The lowest BCUT2D eigenvalue weighted by molar-refractivity contribution is 0.146. The van der Waals surface area contributed by atoms with Crippen molar-refractivity contribution in [3.8, 4) is 11.4 Å². The Morgan fingerprint density at radius 1 is 1.19 bits per heavy atom. The van der Waals surface area contributed by atoms with Crippen LogP contribution in [0.3, 0.4) is 0 Å². The Hall–Kier alpha value is -3.26. The maximum absolute atomic E-state index is 13.2. The summed E-state index contributed by atoms with van der Waals surface area (Å²) in [4.78, 5) is 13.2. The molecule has 0 radical (unpaired) electrons. The molecule has 0 amide bonds. The minimum atomic E-state index is -0.338. The molecule has 3 N–H and O–H groups in total. The maximum atomic E-state index is 13.2. The molecule has 0 saturated carbocycles. The van der Waals surface area contributed by atoms with Crippen LogP contribution in [-0.2, 0) is 4.74 Å². The predicted octanol–water partition coefficient (Wildman–Crippen LogP) is 4.95. The van der Waals surface area contributed by atoms with Crippen LogP contribution in [-0.4, -0.2) is 42.2 Å². The van der Waals surface area contributed by atoms with Crippen LogP contribution in [0.25, 0.3) is 11.4 Å². The first-order chi connectivity index (χ1) is 15.3. The smallest absolute Gasteiger partial charge is 0.339 e. The number of anilines is 2. The van der Waals surface area contributed by atoms with Crippen molar-refractivity contribution in [2.45, 2.75) is 40.5 Å². The number of rotatable bonds is 11. The van der Waals surface area contributed by atoms with E-state index in [9.17, 15) is 4.79 Å². The molecular weight excluding hydrogens is 406 g/mol. The second-order valence-electron chi connectivity index (χ2n) is 7.17. The Morgan fingerprint density at radius 2 is 1.84 bits per heavy atom. The monoisotopic (exact) mass is 443 g/mol. The highest BCUT2D eigenvalue weighted by Crippen LogP contribution is 2.28. The predicted molar refractivity (Wildman–Crippen MR) is 135 cm³/mol. The number of ether oxygens (including phenoxy) is 2. The minimum absolute atomic E-state index is 0.226. The zero-order valence-electron chi connectivity index (χ0n) is 20.2. The van der Waals surface area contributed by atoms with Crippen LogP contribution in [0, 0.1) is 5.41 Å². The fourth-order valence-electron chi connectivity index (χ4n) is 2.85. The lowest BCUT2D eigenvalue weighted by Crippen LogP contribution is -2.23. The van der Waals surface area contributed by atoms with Gasteiger partial charge in [0.05, 0.1) is 18.0 Å². The van der Waals surface area contributed by atoms with Crippen molar-refractivity contribution in [2.75, 3.05) is 38.0 Å². The Labute approximate surface area is 191 Å². The lowest BCUT2D eigenvalue weighted by Gasteiger charge is -2.13. The van der Waals surface area contributed by atoms with Gasteiger partial charge in [-0.25, -0.2) is 9.36 Å². The quantitative estimate of drug-likeness (QED) is 0.338. The van der Waals surface area contributed by atoms with Crippen molar-refractivity contribution < 1.29 is 9.47 Å². The molecule has 1 aromatic heterocycles. The number of hydrogen-bond donors (Lipinski definition) is 3. The van der Waals surface area contributed by atoms with Crippen LogP contribution < -0.4 is 21.1 Å². The van der Waals surface area contributed by atoms with E-state index in [-0.39, 0.29) is 11.4 Å². The fraction of sp³-hybridized carbons (Fsp3) is 0.417. The van der Waals surface area contributed by atoms with Crippen molar-refractivity contribution in [2.24, 2.45) is 0 Å². The third-order valence-electron chi connectivity index (χ3n) is 4.52. The molecule has 32 heavy (non-hydrogen) atoms. The van der Waals surface area contributed by atoms with Gasteiger partial charge < -0.3 is 25.5 Å². The molecule has 1 heterocycles. The van der Waals surface area contributed by atoms with Crippen LogP contribution in [0.5, 0.6) is 5.75 Å². The maximum Gasteiger partial charge on any atom is 0.339 e. The zero-order valence-corrected chi connectivity index (χ0v) is 20.2. The van der Waals surface area contributed by atoms with Gasteiger partial charge in [0.2, 0.25) is 0 Å². The van der Waals surface area contributed by atoms with Gasteiger partial charge in [-0.05, 0) is 26.1 Å². The number of allylic oxidation sites excluding steroid dienone is 1. The van der Waals surface area contributed by atoms with E-state index in [2.05, 4.69) is 37.6 Å². The second kappa shape index (κ2) is 13.2. The lowest BCUT2D eigenvalue weighted by atomic mass is 10.2. The Balaban J connectivity index is 0.00000118. The molecule has 8 heteroatoms. The summed E-state index contributed by atoms with van der Waals surface area (Å²) in [5.74, 6) is 1.03. The van der Waals surface area contributed by atoms with Crippen LogP contribution in [0.15, 0.2) is 42.4 Å². The van der Waals surface area contributed by atoms with Crippen molar-refractivity contribution >= 4 is 22.9 Å². The van der Waals surface area contributed by atoms with Crippen molar-refractivity contribution in [1.82, 2.24) is 9.13 Å². The highest BCUT2D eigenvalue weighted by Gasteiger charge is 2.23. The molecule has 0 atom stereocenters. The van der Waals surface area contributed by atoms with Crippen molar-refractivity contribution in [3.63, 3.8) is 0 Å². The van der Waals surface area contributed by atoms with Crippen molar-refractivity contribution in [3.05, 3.63) is 53.7 Å². The van der Waals surface area contributed by atoms with E-state index in [1.54, 1.807) is 34.1 Å². The first kappa shape index (κ1) is 26.8. The topological polar surface area (TPSA) is 93.3 Å². The highest BCUT2D eigenvalue weighted by atomic mass is 16.5. The van der Waals surface area contributed by atoms with Gasteiger partial charge in [0.25, 0.3) is 0 Å². The summed E-state index contributed by atoms with van der Waals surface area (Å²) >= 11 is 0. The summed E-state index contributed by atoms with van der Waals surface area (Å²) in [6.07, 6.45) is 4.11. The van der Waals surface area contributed by atoms with Gasteiger partial charge in [-0.3, -0.25) is 4.57 Å². The summed E-state index contributed by atoms with van der Waals surface area (Å²) in [7, 11) is 3.39. The first-order valence-corrected chi connectivity index (χ1v) is 10.7. The Bertz CT molecular complexity index is 986. The first-order valence-electron chi connectivity index (χ1n) is 10.7. The van der Waals surface area contributed by atoms with Crippen LogP contribution in [0.2, 0.25) is 0 Å². The number of nitrogens with one attached hydrogen (secondary N) is 3. The summed E-state index contributed by atoms with van der Waals surface area (Å²) in [5.41, 5.74) is 2.18. The molecular formula is C24H37N5O3. The van der Waals surface area contributed by atoms with Crippen LogP contribution >= 0.6 is 0 Å². The van der Waals surface area contributed by atoms with E-state index in [0.29, 0.717) is 41.9 Å². The molecule has 0 spiro atoms. The van der Waals surface area contributed by atoms with Gasteiger partial charge in [-0.1, -0.05) is 39.8 Å². The van der Waals surface area contributed by atoms with Crippen molar-refractivity contribution in [1.29, 1.82) is 5.41 Å². The van der Waals surface area contributed by atoms with E-state index in [0.717, 1.165) is 5.69 Å². The number of unbranched alkanes of at least 4 members (excludes halogenated alkanes) is 1. The number of hydrogen-bond acceptors (Lipinski definition) is 6. The van der Waals surface area contributed by atoms with Crippen LogP contribution in [0.1, 0.15) is 46.2 Å². The molecule has 176 valence electrons. The molecule has 0 bridgehead atoms. The third-order valence-corrected chi connectivity index (χ3v) is 4.52. The summed E-state index contributed by atoms with van der Waals surface area (Å²) in [6.45, 7) is 16.1. The third kappa shape index (κ3) is 6.62. The summed E-state index contributed by atoms with van der Waals surface area (Å²) < 4.78 is 13.6. The second-order valence-corrected chi connectivity index (χ2v) is 7.17. The molecule has 0 saturated heterocycles. The van der Waals surface area contributed by atoms with Gasteiger partial charge in [-0.2, -0.15) is 0 Å². The molecule has 1 aromatic carbocycles. The average molecular weight is 444 g/mol. The number of methoxy groups -OCH3 is 1. The number of imidazole rings is 1. The molecule has 2 rings (SSSR count). The zero-order chi connectivity index (χ0) is 24.3. The Morgan fingerprint density at radius 3 is 2.31 bits per heavy atom. The van der Waals surface area contributed by atoms with Gasteiger partial charge in [-0.15, -0.1) is 0 Å². The standard InChI is InChI=1S/C20H27N5O3.C4H10/c1-7-23-19-18(14(4)21)24(13(2)3)20(26)25(19)16-10-15(22-5)11-17(12-16)28-9-8-27-6;1-3-4-2/h7,10-12,21-23H,1-2,8-9H2,3-6H3;3-4H2,1-2H3. The molecule has 0 unspecified atom stereocenters. The van der Waals surface area contributed by atoms with Crippen LogP contribution in [0.4, 0.5) is 11.5 Å². The van der Waals surface area contributed by atoms with E-state index in [4.69, 9.17) is 14.9 Å². The van der Waals surface area contributed by atoms with E-state index >= 15 is 0 Å². The van der Waals surface area contributed by atoms with Gasteiger partial charge in [0.1, 0.15) is 23.9 Å². The number of benzene rings is 1. The molecule has 2 aromatic rings. The largest absolute Gasteiger partial charge is 0.491 e. The molecule has 0 fully saturated rings. The SMILES string of the molecule is C=CNc1c(C(C)=N)n(C(=C)C)c(=O)n1-c1cc(NC)cc(OCCOC)c1.CCCC. The molecule has 0 aliphatic carbocycles. The van der Waals surface area contributed by atoms with Gasteiger partial charge in [0.15, 0.2) is 0 Å². The number of aromatic nitrogens is 2. The van der Waals surface area contributed by atoms with E-state index < -0.39 is 0 Å². The molecule has 0 aliphatic heterocycles. The van der Waals surface area contributed by atoms with Gasteiger partial charge >= 0.3 is 5.69 Å². The number of nitrogens with zero attached hydrogens (tertiary/aromatic N) is 2. The average Bonchev–Trinajstić information content (AvgIpc) is 3.06. The summed E-state index contributed by atoms with van der Waals surface area (Å²) in [5, 5.41) is 14.2. The van der Waals surface area contributed by atoms with E-state index in [1.807, 2.05) is 12.1 Å². The van der Waals surface area contributed by atoms with Gasteiger partial charge in [0, 0.05) is 37.7 Å².